The van der Waals surface area contributed by atoms with Crippen molar-refractivity contribution < 1.29 is 28.2 Å². The molecule has 0 radical (unpaired) electrons. The molecular weight excluding hydrogens is 592 g/mol. The molecule has 4 fully saturated rings. The summed E-state index contributed by atoms with van der Waals surface area (Å²) in [6, 6.07) is 6.18. The van der Waals surface area contributed by atoms with Crippen molar-refractivity contribution in [2.24, 2.45) is 11.8 Å². The quantitative estimate of drug-likeness (QED) is 0.419. The number of hydrogen-bond acceptors (Lipinski definition) is 9. The molecule has 3 aromatic rings. The van der Waals surface area contributed by atoms with Gasteiger partial charge in [-0.15, -0.1) is 0 Å². The summed E-state index contributed by atoms with van der Waals surface area (Å²) >= 11 is 6.45. The van der Waals surface area contributed by atoms with E-state index in [1.54, 1.807) is 18.2 Å². The van der Waals surface area contributed by atoms with Crippen LogP contribution in [0.5, 0.6) is 11.8 Å². The van der Waals surface area contributed by atoms with Gasteiger partial charge in [0.25, 0.3) is 0 Å². The van der Waals surface area contributed by atoms with Crippen molar-refractivity contribution in [3.8, 4) is 11.8 Å². The number of Topliss-reactive ketones (excluding diaryl/α,β-unsaturated/α-hetero) is 2. The Morgan fingerprint density at radius 2 is 1.86 bits per heavy atom. The van der Waals surface area contributed by atoms with E-state index in [9.17, 15) is 23.5 Å². The van der Waals surface area contributed by atoms with Crippen LogP contribution in [-0.2, 0) is 22.6 Å². The molecule has 1 aliphatic carbocycles. The lowest BCUT2D eigenvalue weighted by Crippen LogP contribution is -2.43. The molecule has 2 unspecified atom stereocenters. The Hall–Kier alpha value is -3.57. The van der Waals surface area contributed by atoms with E-state index in [1.165, 1.54) is 6.07 Å². The average molecular weight is 624 g/mol. The predicted molar refractivity (Wildman–Crippen MR) is 160 cm³/mol. The highest BCUT2D eigenvalue weighted by Gasteiger charge is 2.50. The molecule has 12 heteroatoms. The Labute approximate surface area is 257 Å². The normalized spacial score (nSPS) is 28.2. The molecule has 2 aromatic carbocycles. The smallest absolute Gasteiger partial charge is 0.318 e. The number of fused-ring (bicyclic) bond motifs is 4. The Balaban J connectivity index is 1.16. The van der Waals surface area contributed by atoms with Crippen LogP contribution in [0, 0.1) is 17.7 Å². The number of halogens is 3. The van der Waals surface area contributed by atoms with Gasteiger partial charge < -0.3 is 19.6 Å². The third-order valence-corrected chi connectivity index (χ3v) is 10.7. The fourth-order valence-electron chi connectivity index (χ4n) is 8.24. The zero-order valence-electron chi connectivity index (χ0n) is 24.1. The molecule has 1 saturated carbocycles. The summed E-state index contributed by atoms with van der Waals surface area (Å²) in [5.41, 5.74) is 1.81. The molecule has 230 valence electrons. The van der Waals surface area contributed by atoms with Gasteiger partial charge in [-0.25, -0.2) is 8.78 Å². The number of ketones is 2. The van der Waals surface area contributed by atoms with Crippen LogP contribution in [0.25, 0.3) is 10.8 Å². The molecule has 8 rings (SSSR count). The number of ether oxygens (including phenoxy) is 1. The van der Waals surface area contributed by atoms with Gasteiger partial charge in [0.15, 0.2) is 0 Å². The molecule has 44 heavy (non-hydrogen) atoms. The average Bonchev–Trinajstić information content (AvgIpc) is 3.74. The Morgan fingerprint density at radius 3 is 2.66 bits per heavy atom. The fourth-order valence-corrected chi connectivity index (χ4v) is 8.51. The van der Waals surface area contributed by atoms with Gasteiger partial charge in [0.2, 0.25) is 0 Å². The number of alkyl halides is 1. The van der Waals surface area contributed by atoms with Crippen LogP contribution in [0.4, 0.5) is 20.3 Å². The molecule has 0 bridgehead atoms. The van der Waals surface area contributed by atoms with E-state index < -0.39 is 12.0 Å². The van der Waals surface area contributed by atoms with E-state index >= 15 is 0 Å². The van der Waals surface area contributed by atoms with Crippen LogP contribution >= 0.6 is 11.6 Å². The lowest BCUT2D eigenvalue weighted by molar-refractivity contribution is -0.123. The first-order valence-corrected chi connectivity index (χ1v) is 15.6. The summed E-state index contributed by atoms with van der Waals surface area (Å²) < 4.78 is 35.3. The van der Waals surface area contributed by atoms with Crippen LogP contribution in [0.15, 0.2) is 24.3 Å². The lowest BCUT2D eigenvalue weighted by atomic mass is 9.95. The van der Waals surface area contributed by atoms with Gasteiger partial charge in [-0.1, -0.05) is 17.7 Å². The van der Waals surface area contributed by atoms with Crippen LogP contribution in [0.1, 0.15) is 36.9 Å². The summed E-state index contributed by atoms with van der Waals surface area (Å²) in [5, 5.41) is 11.6. The number of phenols is 1. The number of rotatable bonds is 5. The van der Waals surface area contributed by atoms with Crippen LogP contribution < -0.4 is 14.5 Å². The van der Waals surface area contributed by atoms with Gasteiger partial charge >= 0.3 is 6.01 Å². The Bertz CT molecular complexity index is 1700. The highest BCUT2D eigenvalue weighted by Crippen LogP contribution is 2.43. The molecule has 0 spiro atoms. The van der Waals surface area contributed by atoms with E-state index in [0.29, 0.717) is 73.5 Å². The summed E-state index contributed by atoms with van der Waals surface area (Å²) in [4.78, 5) is 41.0. The van der Waals surface area contributed by atoms with E-state index in [2.05, 4.69) is 4.90 Å². The summed E-state index contributed by atoms with van der Waals surface area (Å²) in [7, 11) is 0. The minimum atomic E-state index is -0.889. The summed E-state index contributed by atoms with van der Waals surface area (Å²) in [5.74, 6) is -0.561. The largest absolute Gasteiger partial charge is 0.508 e. The molecule has 4 aliphatic heterocycles. The van der Waals surface area contributed by atoms with Crippen molar-refractivity contribution in [3.63, 3.8) is 0 Å². The molecule has 3 saturated heterocycles. The van der Waals surface area contributed by atoms with Gasteiger partial charge in [-0.3, -0.25) is 14.5 Å². The van der Waals surface area contributed by atoms with Crippen LogP contribution in [0.2, 0.25) is 5.02 Å². The number of carbonyl (C=O) groups is 2. The second-order valence-corrected chi connectivity index (χ2v) is 13.3. The second-order valence-electron chi connectivity index (χ2n) is 12.9. The van der Waals surface area contributed by atoms with E-state index in [1.807, 2.05) is 9.80 Å². The molecule has 1 N–H and O–H groups in total. The van der Waals surface area contributed by atoms with Crippen molar-refractivity contribution in [1.29, 1.82) is 0 Å². The lowest BCUT2D eigenvalue weighted by Gasteiger charge is -2.34. The molecule has 9 nitrogen and oxygen atoms in total. The predicted octanol–water partition coefficient (Wildman–Crippen LogP) is 4.24. The van der Waals surface area contributed by atoms with E-state index in [0.717, 1.165) is 24.9 Å². The molecule has 5 heterocycles. The first kappa shape index (κ1) is 27.9. The monoisotopic (exact) mass is 623 g/mol. The van der Waals surface area contributed by atoms with Gasteiger partial charge in [0, 0.05) is 61.5 Å². The maximum atomic E-state index is 14.6. The van der Waals surface area contributed by atoms with E-state index in [4.69, 9.17) is 26.3 Å². The van der Waals surface area contributed by atoms with Crippen molar-refractivity contribution >= 4 is 45.4 Å². The first-order chi connectivity index (χ1) is 21.2. The number of nitrogens with zero attached hydrogens (tertiary/aromatic N) is 5. The number of phenolic OH excluding ortho intramolecular Hbond substituents is 1. The number of carbonyl (C=O) groups excluding carboxylic acids is 2. The highest BCUT2D eigenvalue weighted by molar-refractivity contribution is 6.37. The minimum Gasteiger partial charge on any atom is -0.508 e. The standard InChI is InChI=1S/C32H32ClF2N5O4/c33-29-23(35)3-2-17-8-19(41)9-25(28(17)29)38-7-4-20-24(15-38)36-31(44-16-32-5-1-6-40(32)12-18(34)11-32)37-30(20)39-13-21-22(14-39)27(43)10-26(21)42/h2-3,8-9,18,21-22,41H,1,4-7,10-16H2/t18-,21?,22?,32+/m1/s1. The zero-order valence-corrected chi connectivity index (χ0v) is 24.8. The molecule has 1 aromatic heterocycles. The van der Waals surface area contributed by atoms with Crippen molar-refractivity contribution in [1.82, 2.24) is 14.9 Å². The topological polar surface area (TPSA) is 99.1 Å². The number of aromatic nitrogens is 2. The molecule has 4 atom stereocenters. The number of anilines is 2. The Morgan fingerprint density at radius 1 is 1.07 bits per heavy atom. The number of hydrogen-bond donors (Lipinski definition) is 1. The third kappa shape index (κ3) is 4.42. The van der Waals surface area contributed by atoms with Gasteiger partial charge in [0.1, 0.15) is 41.7 Å². The van der Waals surface area contributed by atoms with Crippen LogP contribution in [-0.4, -0.2) is 82.6 Å². The van der Waals surface area contributed by atoms with E-state index in [-0.39, 0.29) is 58.8 Å². The first-order valence-electron chi connectivity index (χ1n) is 15.3. The zero-order chi connectivity index (χ0) is 30.3. The summed E-state index contributed by atoms with van der Waals surface area (Å²) in [6.07, 6.45) is 1.90. The maximum Gasteiger partial charge on any atom is 0.318 e. The third-order valence-electron chi connectivity index (χ3n) is 10.4. The van der Waals surface area contributed by atoms with Gasteiger partial charge in [0.05, 0.1) is 34.9 Å². The van der Waals surface area contributed by atoms with Gasteiger partial charge in [-0.2, -0.15) is 9.97 Å². The summed E-state index contributed by atoms with van der Waals surface area (Å²) in [6.45, 7) is 3.18. The molecule has 0 amide bonds. The minimum absolute atomic E-state index is 0.00353. The van der Waals surface area contributed by atoms with Gasteiger partial charge in [-0.05, 0) is 43.3 Å². The fraction of sp³-hybridized carbons (Fsp3) is 0.500. The molecular formula is C32H32ClF2N5O4. The van der Waals surface area contributed by atoms with Crippen molar-refractivity contribution in [2.75, 3.05) is 49.1 Å². The SMILES string of the molecule is O=C1CC(=O)C2CN(c3nc(OC[C@@]45CCCN4C[C@H](F)C5)nc4c3CCN(c3cc(O)cc5ccc(F)c(Cl)c35)C4)CC12. The number of aromatic hydroxyl groups is 1. The highest BCUT2D eigenvalue weighted by atomic mass is 35.5. The van der Waals surface area contributed by atoms with Crippen molar-refractivity contribution in [3.05, 3.63) is 46.4 Å². The maximum absolute atomic E-state index is 14.6. The Kier molecular flexibility index (Phi) is 6.50. The van der Waals surface area contributed by atoms with Crippen molar-refractivity contribution in [2.45, 2.75) is 50.4 Å². The number of benzene rings is 2. The molecule has 5 aliphatic rings. The second kappa shape index (κ2) is 10.2. The van der Waals surface area contributed by atoms with Crippen LogP contribution in [0.3, 0.4) is 0 Å².